The first-order chi connectivity index (χ1) is 19.4. The Kier molecular flexibility index (Phi) is 8.55. The van der Waals surface area contributed by atoms with Crippen LogP contribution in [0.3, 0.4) is 0 Å². The molecule has 4 atom stereocenters. The molecule has 1 saturated heterocycles. The number of aromatic nitrogens is 2. The van der Waals surface area contributed by atoms with Gasteiger partial charge in [-0.15, -0.1) is 0 Å². The van der Waals surface area contributed by atoms with Gasteiger partial charge >= 0.3 is 11.9 Å². The fourth-order valence-electron chi connectivity index (χ4n) is 5.57. The predicted molar refractivity (Wildman–Crippen MR) is 149 cm³/mol. The Balaban J connectivity index is 1.82. The van der Waals surface area contributed by atoms with E-state index < -0.39 is 46.1 Å². The molecule has 3 heterocycles. The second kappa shape index (κ2) is 11.7. The molecule has 1 aromatic heterocycles. The summed E-state index contributed by atoms with van der Waals surface area (Å²) in [4.78, 5) is 19.8. The number of nitrogens with one attached hydrogen (secondary N) is 1. The Morgan fingerprint density at radius 2 is 1.76 bits per heavy atom. The average Bonchev–Trinajstić information content (AvgIpc) is 3.05. The van der Waals surface area contributed by atoms with Crippen LogP contribution in [0.2, 0.25) is 5.02 Å². The van der Waals surface area contributed by atoms with Crippen LogP contribution in [-0.4, -0.2) is 66.9 Å². The average molecular weight is 621 g/mol. The van der Waals surface area contributed by atoms with Crippen molar-refractivity contribution in [1.29, 1.82) is 0 Å². The number of thiol groups is 1. The summed E-state index contributed by atoms with van der Waals surface area (Å²) < 4.78 is 84.9. The van der Waals surface area contributed by atoms with Gasteiger partial charge in [-0.2, -0.15) is 29.1 Å². The number of ether oxygens (including phenoxy) is 2. The molecule has 0 bridgehead atoms. The van der Waals surface area contributed by atoms with Crippen molar-refractivity contribution in [3.63, 3.8) is 0 Å². The molecule has 1 unspecified atom stereocenters. The highest BCUT2D eigenvalue weighted by Crippen LogP contribution is 2.53. The van der Waals surface area contributed by atoms with Crippen molar-refractivity contribution < 1.29 is 31.4 Å². The largest absolute Gasteiger partial charge is 0.416 e. The molecule has 0 amide bonds. The van der Waals surface area contributed by atoms with Crippen LogP contribution in [-0.2, 0) is 22.2 Å². The number of hydrogen-bond acceptors (Lipinski definition) is 6. The number of benzene rings is 2. The van der Waals surface area contributed by atoms with Crippen LogP contribution in [0.1, 0.15) is 19.4 Å². The zero-order valence-electron chi connectivity index (χ0n) is 22.6. The van der Waals surface area contributed by atoms with Crippen LogP contribution in [0.5, 0.6) is 0 Å². The van der Waals surface area contributed by atoms with Crippen molar-refractivity contribution in [2.75, 3.05) is 44.1 Å². The second-order valence-corrected chi connectivity index (χ2v) is 13.0. The molecular formula is C27H30ClF5N4O3S. The van der Waals surface area contributed by atoms with E-state index in [2.05, 4.69) is 10.3 Å². The van der Waals surface area contributed by atoms with Gasteiger partial charge in [-0.3, -0.25) is 4.57 Å². The second-order valence-electron chi connectivity index (χ2n) is 10.4. The molecule has 1 fully saturated rings. The van der Waals surface area contributed by atoms with Gasteiger partial charge in [0, 0.05) is 59.3 Å². The number of hydrogen-bond donors (Lipinski definition) is 2. The fourth-order valence-corrected chi connectivity index (χ4v) is 8.49. The third kappa shape index (κ3) is 6.05. The molecule has 7 nitrogen and oxygen atoms in total. The summed E-state index contributed by atoms with van der Waals surface area (Å²) in [5, 5.41) is 3.14. The van der Waals surface area contributed by atoms with Crippen molar-refractivity contribution in [1.82, 2.24) is 14.9 Å². The molecule has 0 aliphatic carbocycles. The van der Waals surface area contributed by atoms with Crippen LogP contribution in [0.15, 0.2) is 38.9 Å². The van der Waals surface area contributed by atoms with E-state index in [1.54, 1.807) is 0 Å². The smallest absolute Gasteiger partial charge is 0.382 e. The minimum absolute atomic E-state index is 0.00914. The van der Waals surface area contributed by atoms with Crippen LogP contribution in [0.4, 0.5) is 27.8 Å². The van der Waals surface area contributed by atoms with Gasteiger partial charge in [0.1, 0.15) is 17.5 Å². The molecule has 2 aromatic carbocycles. The highest BCUT2D eigenvalue weighted by Gasteiger charge is 2.37. The maximum atomic E-state index is 15.3. The molecule has 1 N–H and O–H groups in total. The van der Waals surface area contributed by atoms with Gasteiger partial charge in [0.2, 0.25) is 0 Å². The van der Waals surface area contributed by atoms with Gasteiger partial charge < -0.3 is 19.7 Å². The minimum atomic E-state index is -4.74. The lowest BCUT2D eigenvalue weighted by molar-refractivity contribution is -0.137. The maximum absolute atomic E-state index is 15.3. The zero-order chi connectivity index (χ0) is 29.6. The molecule has 41 heavy (non-hydrogen) atoms. The summed E-state index contributed by atoms with van der Waals surface area (Å²) in [6, 6.07) is 3.69. The van der Waals surface area contributed by atoms with E-state index in [0.717, 1.165) is 18.2 Å². The van der Waals surface area contributed by atoms with Gasteiger partial charge in [-0.05, 0) is 32.0 Å². The number of halogens is 6. The Hall–Kier alpha value is -2.45. The van der Waals surface area contributed by atoms with Crippen molar-refractivity contribution in [3.8, 4) is 0 Å². The van der Waals surface area contributed by atoms with Gasteiger partial charge in [0.25, 0.3) is 0 Å². The molecule has 0 saturated carbocycles. The fraction of sp³-hybridized carbons (Fsp3) is 0.481. The highest BCUT2D eigenvalue weighted by molar-refractivity contribution is 8.17. The number of anilines is 1. The summed E-state index contributed by atoms with van der Waals surface area (Å²) in [7, 11) is -0.453. The number of rotatable bonds is 6. The maximum Gasteiger partial charge on any atom is 0.416 e. The minimum Gasteiger partial charge on any atom is -0.382 e. The third-order valence-corrected chi connectivity index (χ3v) is 10.1. The Labute approximate surface area is 240 Å². The van der Waals surface area contributed by atoms with Crippen LogP contribution in [0.25, 0.3) is 10.9 Å². The lowest BCUT2D eigenvalue weighted by atomic mass is 10.1. The normalized spacial score (nSPS) is 24.1. The van der Waals surface area contributed by atoms with E-state index in [0.29, 0.717) is 19.2 Å². The van der Waals surface area contributed by atoms with Gasteiger partial charge in [-0.1, -0.05) is 11.6 Å². The molecular weight excluding hydrogens is 591 g/mol. The van der Waals surface area contributed by atoms with E-state index in [-0.39, 0.29) is 69.1 Å². The first-order valence-electron chi connectivity index (χ1n) is 13.1. The molecule has 3 aromatic rings. The predicted octanol–water partition coefficient (Wildman–Crippen LogP) is 5.00. The highest BCUT2D eigenvalue weighted by atomic mass is 35.5. The zero-order valence-corrected chi connectivity index (χ0v) is 24.2. The third-order valence-electron chi connectivity index (χ3n) is 7.20. The Bertz CT molecular complexity index is 1510. The molecule has 2 aliphatic rings. The topological polar surface area (TPSA) is 68.6 Å². The quantitative estimate of drug-likeness (QED) is 0.175. The molecule has 5 rings (SSSR count). The van der Waals surface area contributed by atoms with Crippen molar-refractivity contribution >= 4 is 39.2 Å². The first-order valence-corrected chi connectivity index (χ1v) is 15.0. The van der Waals surface area contributed by atoms with E-state index in [9.17, 15) is 22.4 Å². The number of methoxy groups -OCH3 is 1. The standard InChI is InChI=1S/C27H30ClF5N4O3S/c1-14-10-36(11-15(2)34-14)25-18-6-16(27(31,32)33)7-23-24(18)37(26(38)35-25)12-17(40-5-4-39-3)13-41(23)22-8-19(28)20(29)9-21(22)30/h6-9,14-15,17,34,41H,4-5,10-13H2,1-3H3/t14-,15+,17-/m1/s1. The molecule has 224 valence electrons. The lowest BCUT2D eigenvalue weighted by Gasteiger charge is -2.37. The molecule has 14 heteroatoms. The van der Waals surface area contributed by atoms with Crippen LogP contribution in [0, 0.1) is 11.6 Å². The Morgan fingerprint density at radius 1 is 1.05 bits per heavy atom. The van der Waals surface area contributed by atoms with E-state index in [1.165, 1.54) is 11.7 Å². The van der Waals surface area contributed by atoms with Crippen molar-refractivity contribution in [2.24, 2.45) is 0 Å². The van der Waals surface area contributed by atoms with Crippen molar-refractivity contribution in [2.45, 2.75) is 54.5 Å². The monoisotopic (exact) mass is 620 g/mol. The molecule has 0 spiro atoms. The summed E-state index contributed by atoms with van der Waals surface area (Å²) in [6.45, 7) is 5.07. The number of nitrogens with zero attached hydrogens (tertiary/aromatic N) is 3. The van der Waals surface area contributed by atoms with Gasteiger partial charge in [-0.25, -0.2) is 13.6 Å². The van der Waals surface area contributed by atoms with Gasteiger partial charge in [0.15, 0.2) is 0 Å². The molecule has 0 radical (unpaired) electrons. The summed E-state index contributed by atoms with van der Waals surface area (Å²) in [5.74, 6) is -1.72. The van der Waals surface area contributed by atoms with Gasteiger partial charge in [0.05, 0.1) is 42.0 Å². The van der Waals surface area contributed by atoms with E-state index in [1.807, 2.05) is 18.7 Å². The Morgan fingerprint density at radius 3 is 2.41 bits per heavy atom. The van der Waals surface area contributed by atoms with Crippen molar-refractivity contribution in [3.05, 3.63) is 57.0 Å². The first kappa shape index (κ1) is 30.0. The summed E-state index contributed by atoms with van der Waals surface area (Å²) in [5.41, 5.74) is -1.37. The number of piperazine rings is 1. The lowest BCUT2D eigenvalue weighted by Crippen LogP contribution is -2.55. The SMILES string of the molecule is COCCO[C@@H]1Cn2c(=O)nc(N3C[C@@H](C)N[C@@H](C)C3)c3cc(C(F)(F)F)cc(c32)[SH](c2cc(Cl)c(F)cc2F)C1. The summed E-state index contributed by atoms with van der Waals surface area (Å²) in [6.07, 6.45) is -5.44. The summed E-state index contributed by atoms with van der Waals surface area (Å²) >= 11 is 6.03. The van der Waals surface area contributed by atoms with Crippen LogP contribution >= 0.6 is 22.5 Å². The van der Waals surface area contributed by atoms with Crippen LogP contribution < -0.4 is 15.9 Å². The molecule has 2 aliphatic heterocycles. The van der Waals surface area contributed by atoms with E-state index in [4.69, 9.17) is 21.1 Å². The van der Waals surface area contributed by atoms with E-state index >= 15 is 4.39 Å². The number of alkyl halides is 3.